The highest BCUT2D eigenvalue weighted by Gasteiger charge is 2.22. The molecular weight excluding hydrogens is 376 g/mol. The lowest BCUT2D eigenvalue weighted by atomic mass is 10.1. The predicted molar refractivity (Wildman–Crippen MR) is 119 cm³/mol. The average molecular weight is 407 g/mol. The molecule has 0 atom stereocenters. The van der Waals surface area contributed by atoms with E-state index in [-0.39, 0.29) is 12.0 Å². The van der Waals surface area contributed by atoms with Crippen molar-refractivity contribution in [3.8, 4) is 11.6 Å². The lowest BCUT2D eigenvalue weighted by Gasteiger charge is -2.34. The number of carbonyl (C=O) groups excluding carboxylic acids is 1. The summed E-state index contributed by atoms with van der Waals surface area (Å²) < 4.78 is 8.20. The average Bonchev–Trinajstić information content (AvgIpc) is 3.17. The van der Waals surface area contributed by atoms with Gasteiger partial charge in [-0.15, -0.1) is 0 Å². The molecule has 6 nitrogen and oxygen atoms in total. The van der Waals surface area contributed by atoms with Crippen LogP contribution in [0.3, 0.4) is 0 Å². The highest BCUT2D eigenvalue weighted by atomic mass is 16.5. The van der Waals surface area contributed by atoms with Gasteiger partial charge in [-0.3, -0.25) is 4.79 Å². The highest BCUT2D eigenvalue weighted by molar-refractivity contribution is 5.98. The quantitative estimate of drug-likeness (QED) is 0.643. The molecular formula is C24H30N4O2. The number of rotatable bonds is 5. The topological polar surface area (TPSA) is 50.6 Å². The summed E-state index contributed by atoms with van der Waals surface area (Å²) in [7, 11) is 3.53. The van der Waals surface area contributed by atoms with Crippen LogP contribution in [0.1, 0.15) is 37.0 Å². The molecule has 0 N–H and O–H groups in total. The molecule has 30 heavy (non-hydrogen) atoms. The van der Waals surface area contributed by atoms with Crippen LogP contribution in [0.5, 0.6) is 5.75 Å². The molecule has 0 spiro atoms. The first-order chi connectivity index (χ1) is 14.4. The lowest BCUT2D eigenvalue weighted by molar-refractivity contribution is 0.0827. The highest BCUT2D eigenvalue weighted by Crippen LogP contribution is 2.24. The van der Waals surface area contributed by atoms with E-state index in [1.54, 1.807) is 25.2 Å². The number of ether oxygens (including phenoxy) is 1. The summed E-state index contributed by atoms with van der Waals surface area (Å²) in [5, 5.41) is 1.02. The van der Waals surface area contributed by atoms with Crippen molar-refractivity contribution in [1.82, 2.24) is 19.4 Å². The third kappa shape index (κ3) is 4.19. The molecule has 3 heterocycles. The number of amides is 1. The first-order valence-electron chi connectivity index (χ1n) is 10.6. The van der Waals surface area contributed by atoms with Gasteiger partial charge in [-0.05, 0) is 63.1 Å². The Hall–Kier alpha value is -2.86. The fourth-order valence-corrected chi connectivity index (χ4v) is 4.02. The number of carbonyl (C=O) groups is 1. The molecule has 0 bridgehead atoms. The van der Waals surface area contributed by atoms with Crippen LogP contribution in [0.15, 0.2) is 48.8 Å². The Morgan fingerprint density at radius 2 is 1.90 bits per heavy atom. The normalized spacial score (nSPS) is 15.6. The van der Waals surface area contributed by atoms with E-state index in [1.165, 1.54) is 0 Å². The summed E-state index contributed by atoms with van der Waals surface area (Å²) in [6.07, 6.45) is 6.15. The van der Waals surface area contributed by atoms with Crippen molar-refractivity contribution in [2.45, 2.75) is 38.8 Å². The van der Waals surface area contributed by atoms with E-state index >= 15 is 0 Å². The summed E-state index contributed by atoms with van der Waals surface area (Å²) in [5.74, 6) is 1.65. The van der Waals surface area contributed by atoms with E-state index in [0.717, 1.165) is 48.4 Å². The zero-order chi connectivity index (χ0) is 21.3. The number of pyridine rings is 1. The van der Waals surface area contributed by atoms with Crippen molar-refractivity contribution >= 4 is 16.8 Å². The molecule has 1 amide bonds. The second kappa shape index (κ2) is 8.48. The van der Waals surface area contributed by atoms with Gasteiger partial charge < -0.3 is 19.1 Å². The SMILES string of the molecule is CC(C)N1CCC(Oc2ccc(-n3ccc4cc(C(=O)N(C)C)ccc43)nc2)CC1. The van der Waals surface area contributed by atoms with Gasteiger partial charge in [0, 0.05) is 50.4 Å². The summed E-state index contributed by atoms with van der Waals surface area (Å²) in [5.41, 5.74) is 1.71. The fraction of sp³-hybridized carbons (Fsp3) is 0.417. The van der Waals surface area contributed by atoms with Crippen molar-refractivity contribution in [3.63, 3.8) is 0 Å². The molecule has 4 rings (SSSR count). The number of piperidine rings is 1. The number of likely N-dealkylation sites (tertiary alicyclic amines) is 1. The van der Waals surface area contributed by atoms with E-state index < -0.39 is 0 Å². The molecule has 1 aromatic carbocycles. The summed E-state index contributed by atoms with van der Waals surface area (Å²) in [6.45, 7) is 6.66. The Balaban J connectivity index is 1.46. The van der Waals surface area contributed by atoms with Gasteiger partial charge in [0.05, 0.1) is 11.7 Å². The monoisotopic (exact) mass is 406 g/mol. The van der Waals surface area contributed by atoms with Crippen LogP contribution in [0, 0.1) is 0 Å². The molecule has 0 radical (unpaired) electrons. The van der Waals surface area contributed by atoms with Crippen molar-refractivity contribution in [2.24, 2.45) is 0 Å². The zero-order valence-electron chi connectivity index (χ0n) is 18.2. The van der Waals surface area contributed by atoms with E-state index in [0.29, 0.717) is 11.6 Å². The maximum Gasteiger partial charge on any atom is 0.253 e. The van der Waals surface area contributed by atoms with Gasteiger partial charge in [0.15, 0.2) is 0 Å². The van der Waals surface area contributed by atoms with Gasteiger partial charge in [0.25, 0.3) is 5.91 Å². The van der Waals surface area contributed by atoms with Crippen molar-refractivity contribution in [2.75, 3.05) is 27.2 Å². The molecule has 1 saturated heterocycles. The standard InChI is InChI=1S/C24H30N4O2/c1-17(2)27-12-10-20(11-13-27)30-21-6-8-23(25-16-21)28-14-9-18-15-19(5-7-22(18)28)24(29)26(3)4/h5-9,14-17,20H,10-13H2,1-4H3. The Bertz CT molecular complexity index is 1020. The number of hydrogen-bond acceptors (Lipinski definition) is 4. The first-order valence-corrected chi connectivity index (χ1v) is 10.6. The Labute approximate surface area is 178 Å². The lowest BCUT2D eigenvalue weighted by Crippen LogP contribution is -2.41. The molecule has 6 heteroatoms. The molecule has 1 fully saturated rings. The van der Waals surface area contributed by atoms with Crippen LogP contribution < -0.4 is 4.74 Å². The Kier molecular flexibility index (Phi) is 5.77. The van der Waals surface area contributed by atoms with E-state index in [2.05, 4.69) is 23.7 Å². The molecule has 1 aliphatic rings. The second-order valence-electron chi connectivity index (χ2n) is 8.46. The van der Waals surface area contributed by atoms with Crippen LogP contribution >= 0.6 is 0 Å². The molecule has 3 aromatic rings. The largest absolute Gasteiger partial charge is 0.489 e. The molecule has 158 valence electrons. The van der Waals surface area contributed by atoms with Gasteiger partial charge in [0.2, 0.25) is 0 Å². The van der Waals surface area contributed by atoms with Gasteiger partial charge in [-0.2, -0.15) is 0 Å². The van der Waals surface area contributed by atoms with Crippen LogP contribution in [0.2, 0.25) is 0 Å². The summed E-state index contributed by atoms with van der Waals surface area (Å²) in [4.78, 5) is 20.9. The number of benzene rings is 1. The molecule has 2 aromatic heterocycles. The molecule has 0 unspecified atom stereocenters. The second-order valence-corrected chi connectivity index (χ2v) is 8.46. The molecule has 0 saturated carbocycles. The summed E-state index contributed by atoms with van der Waals surface area (Å²) >= 11 is 0. The van der Waals surface area contributed by atoms with E-state index in [9.17, 15) is 4.79 Å². The van der Waals surface area contributed by atoms with Gasteiger partial charge in [0.1, 0.15) is 17.7 Å². The minimum atomic E-state index is 0.00324. The molecule has 1 aliphatic heterocycles. The number of aromatic nitrogens is 2. The third-order valence-corrected chi connectivity index (χ3v) is 5.82. The van der Waals surface area contributed by atoms with Gasteiger partial charge >= 0.3 is 0 Å². The first kappa shape index (κ1) is 20.4. The summed E-state index contributed by atoms with van der Waals surface area (Å²) in [6, 6.07) is 12.3. The third-order valence-electron chi connectivity index (χ3n) is 5.82. The maximum absolute atomic E-state index is 12.2. The van der Waals surface area contributed by atoms with Crippen molar-refractivity contribution in [3.05, 3.63) is 54.4 Å². The maximum atomic E-state index is 12.2. The zero-order valence-corrected chi connectivity index (χ0v) is 18.2. The smallest absolute Gasteiger partial charge is 0.253 e. The molecule has 0 aliphatic carbocycles. The van der Waals surface area contributed by atoms with Crippen LogP contribution in [-0.4, -0.2) is 64.6 Å². The predicted octanol–water partition coefficient (Wildman–Crippen LogP) is 3.98. The minimum absolute atomic E-state index is 0.00324. The van der Waals surface area contributed by atoms with Crippen LogP contribution in [0.25, 0.3) is 16.7 Å². The van der Waals surface area contributed by atoms with Gasteiger partial charge in [-0.25, -0.2) is 4.98 Å². The van der Waals surface area contributed by atoms with Crippen LogP contribution in [0.4, 0.5) is 0 Å². The van der Waals surface area contributed by atoms with Crippen molar-refractivity contribution in [1.29, 1.82) is 0 Å². The fourth-order valence-electron chi connectivity index (χ4n) is 4.02. The van der Waals surface area contributed by atoms with E-state index in [1.807, 2.05) is 47.2 Å². The van der Waals surface area contributed by atoms with Gasteiger partial charge in [-0.1, -0.05) is 0 Å². The minimum Gasteiger partial charge on any atom is -0.489 e. The van der Waals surface area contributed by atoms with E-state index in [4.69, 9.17) is 4.74 Å². The number of nitrogens with zero attached hydrogens (tertiary/aromatic N) is 4. The number of fused-ring (bicyclic) bond motifs is 1. The van der Waals surface area contributed by atoms with Crippen molar-refractivity contribution < 1.29 is 9.53 Å². The Morgan fingerprint density at radius 1 is 1.13 bits per heavy atom. The van der Waals surface area contributed by atoms with Crippen LogP contribution in [-0.2, 0) is 0 Å². The Morgan fingerprint density at radius 3 is 2.53 bits per heavy atom. The number of hydrogen-bond donors (Lipinski definition) is 0.